The van der Waals surface area contributed by atoms with Gasteiger partial charge in [0.15, 0.2) is 0 Å². The lowest BCUT2D eigenvalue weighted by atomic mass is 9.90. The van der Waals surface area contributed by atoms with Crippen molar-refractivity contribution >= 4 is 40.7 Å². The van der Waals surface area contributed by atoms with Crippen molar-refractivity contribution in [1.82, 2.24) is 4.90 Å². The van der Waals surface area contributed by atoms with Crippen molar-refractivity contribution in [2.75, 3.05) is 37.0 Å². The molecular weight excluding hydrogens is 458 g/mol. The normalized spacial score (nSPS) is 18.1. The van der Waals surface area contributed by atoms with Crippen LogP contribution in [0.3, 0.4) is 0 Å². The second-order valence-corrected chi connectivity index (χ2v) is 9.86. The fourth-order valence-corrected chi connectivity index (χ4v) is 5.49. The first-order valence-electron chi connectivity index (χ1n) is 11.7. The van der Waals surface area contributed by atoms with Crippen LogP contribution in [0.5, 0.6) is 0 Å². The number of methoxy groups -OCH3 is 1. The Balaban J connectivity index is 1.47. The van der Waals surface area contributed by atoms with Crippen LogP contribution in [0, 0.1) is 0 Å². The number of carbonyl (C=O) groups is 2. The number of amides is 1. The van der Waals surface area contributed by atoms with Gasteiger partial charge >= 0.3 is 5.97 Å². The first kappa shape index (κ1) is 23.3. The van der Waals surface area contributed by atoms with E-state index in [4.69, 9.17) is 9.73 Å². The summed E-state index contributed by atoms with van der Waals surface area (Å²) in [5.41, 5.74) is 5.42. The number of nitrogens with zero attached hydrogens (tertiary/aromatic N) is 2. The number of carbonyl (C=O) groups excluding carboxylic acids is 2. The van der Waals surface area contributed by atoms with Crippen LogP contribution in [0.15, 0.2) is 77.8 Å². The zero-order valence-corrected chi connectivity index (χ0v) is 20.4. The van der Waals surface area contributed by atoms with E-state index in [2.05, 4.69) is 22.3 Å². The van der Waals surface area contributed by atoms with Crippen molar-refractivity contribution in [3.05, 3.63) is 95.1 Å². The zero-order chi connectivity index (χ0) is 24.2. The summed E-state index contributed by atoms with van der Waals surface area (Å²) in [7, 11) is 1.34. The highest BCUT2D eigenvalue weighted by Crippen LogP contribution is 2.37. The molecule has 178 valence electrons. The topological polar surface area (TPSA) is 71.0 Å². The molecule has 6 nitrogen and oxygen atoms in total. The van der Waals surface area contributed by atoms with Crippen molar-refractivity contribution in [2.45, 2.75) is 12.5 Å². The lowest BCUT2D eigenvalue weighted by Crippen LogP contribution is -2.31. The maximum absolute atomic E-state index is 13.1. The fourth-order valence-electron chi connectivity index (χ4n) is 4.52. The number of benzene rings is 3. The molecule has 7 heteroatoms. The molecule has 35 heavy (non-hydrogen) atoms. The number of anilines is 1. The molecule has 1 fully saturated rings. The highest BCUT2D eigenvalue weighted by atomic mass is 32.2. The minimum atomic E-state index is -0.579. The van der Waals surface area contributed by atoms with Crippen molar-refractivity contribution in [3.8, 4) is 0 Å². The first-order chi connectivity index (χ1) is 17.1. The van der Waals surface area contributed by atoms with Gasteiger partial charge in [0, 0.05) is 36.8 Å². The van der Waals surface area contributed by atoms with E-state index in [1.807, 2.05) is 60.3 Å². The van der Waals surface area contributed by atoms with Crippen LogP contribution in [0.25, 0.3) is 0 Å². The van der Waals surface area contributed by atoms with Gasteiger partial charge in [0.25, 0.3) is 0 Å². The Morgan fingerprint density at radius 1 is 1.03 bits per heavy atom. The summed E-state index contributed by atoms with van der Waals surface area (Å²) in [6, 6.07) is 23.2. The molecule has 1 N–H and O–H groups in total. The third kappa shape index (κ3) is 5.16. The third-order valence-corrected chi connectivity index (χ3v) is 7.29. The van der Waals surface area contributed by atoms with Gasteiger partial charge in [-0.05, 0) is 41.0 Å². The molecule has 1 unspecified atom stereocenters. The van der Waals surface area contributed by atoms with Gasteiger partial charge in [-0.15, -0.1) is 0 Å². The van der Waals surface area contributed by atoms with Gasteiger partial charge in [-0.1, -0.05) is 48.5 Å². The fraction of sp³-hybridized carbons (Fsp3) is 0.250. The van der Waals surface area contributed by atoms with Crippen molar-refractivity contribution in [2.24, 2.45) is 4.99 Å². The van der Waals surface area contributed by atoms with Crippen molar-refractivity contribution in [1.29, 1.82) is 0 Å². The predicted octanol–water partition coefficient (Wildman–Crippen LogP) is 4.88. The summed E-state index contributed by atoms with van der Waals surface area (Å²) in [4.78, 5) is 32.6. The molecule has 2 heterocycles. The lowest BCUT2D eigenvalue weighted by molar-refractivity contribution is -0.115. The maximum Gasteiger partial charge on any atom is 0.337 e. The molecule has 0 radical (unpaired) electrons. The number of nitrogens with one attached hydrogen (secondary N) is 1. The van der Waals surface area contributed by atoms with E-state index >= 15 is 0 Å². The van der Waals surface area contributed by atoms with Crippen LogP contribution < -0.4 is 5.32 Å². The number of hydrogen-bond acceptors (Lipinski definition) is 6. The molecule has 0 saturated carbocycles. The van der Waals surface area contributed by atoms with E-state index in [-0.39, 0.29) is 5.91 Å². The van der Waals surface area contributed by atoms with E-state index in [1.54, 1.807) is 12.1 Å². The molecule has 0 aromatic heterocycles. The van der Waals surface area contributed by atoms with E-state index in [0.29, 0.717) is 17.0 Å². The van der Waals surface area contributed by atoms with Crippen LogP contribution in [-0.2, 0) is 16.1 Å². The average Bonchev–Trinajstić information content (AvgIpc) is 3.23. The maximum atomic E-state index is 13.1. The molecule has 3 aromatic carbocycles. The van der Waals surface area contributed by atoms with Crippen LogP contribution in [0.4, 0.5) is 11.4 Å². The minimum Gasteiger partial charge on any atom is -0.465 e. The van der Waals surface area contributed by atoms with Gasteiger partial charge in [-0.2, -0.15) is 11.8 Å². The van der Waals surface area contributed by atoms with Crippen LogP contribution in [-0.4, -0.2) is 54.2 Å². The largest absolute Gasteiger partial charge is 0.465 e. The molecular formula is C28H27N3O3S. The molecule has 0 spiro atoms. The highest BCUT2D eigenvalue weighted by Gasteiger charge is 2.36. The molecule has 3 aromatic rings. The molecule has 2 aliphatic rings. The van der Waals surface area contributed by atoms with Gasteiger partial charge in [-0.25, -0.2) is 4.79 Å². The number of rotatable bonds is 6. The Kier molecular flexibility index (Phi) is 6.97. The molecule has 5 rings (SSSR count). The van der Waals surface area contributed by atoms with E-state index in [0.717, 1.165) is 36.4 Å². The van der Waals surface area contributed by atoms with E-state index in [9.17, 15) is 9.59 Å². The van der Waals surface area contributed by atoms with Gasteiger partial charge in [0.1, 0.15) is 5.92 Å². The van der Waals surface area contributed by atoms with Gasteiger partial charge in [0.05, 0.1) is 24.1 Å². The monoisotopic (exact) mass is 485 g/mol. The summed E-state index contributed by atoms with van der Waals surface area (Å²) in [5.74, 6) is 1.20. The van der Waals surface area contributed by atoms with Crippen molar-refractivity contribution in [3.63, 3.8) is 0 Å². The second-order valence-electron chi connectivity index (χ2n) is 8.63. The van der Waals surface area contributed by atoms with Crippen LogP contribution in [0.2, 0.25) is 0 Å². The number of aliphatic imine (C=N–C) groups is 1. The summed E-state index contributed by atoms with van der Waals surface area (Å²) < 4.78 is 4.82. The Hall–Kier alpha value is -3.42. The van der Waals surface area contributed by atoms with Crippen molar-refractivity contribution < 1.29 is 14.3 Å². The molecule has 1 amide bonds. The third-order valence-electron chi connectivity index (χ3n) is 6.34. The molecule has 1 atom stereocenters. The minimum absolute atomic E-state index is 0.163. The van der Waals surface area contributed by atoms with Crippen LogP contribution >= 0.6 is 11.8 Å². The summed E-state index contributed by atoms with van der Waals surface area (Å²) in [6.07, 6.45) is 0. The summed E-state index contributed by atoms with van der Waals surface area (Å²) in [5, 5.41) is 2.92. The number of hydrogen-bond donors (Lipinski definition) is 1. The number of fused-ring (bicyclic) bond motifs is 1. The SMILES string of the molecule is COC(=O)c1ccc2c(c1)NC(=O)C2C(=Nc1ccc(CN2CCSCC2)cc1)c1ccccc1. The Morgan fingerprint density at radius 2 is 1.77 bits per heavy atom. The van der Waals surface area contributed by atoms with Gasteiger partial charge < -0.3 is 10.1 Å². The molecule has 0 bridgehead atoms. The van der Waals surface area contributed by atoms with Crippen LogP contribution in [0.1, 0.15) is 33.0 Å². The molecule has 2 aliphatic heterocycles. The quantitative estimate of drug-likeness (QED) is 0.398. The predicted molar refractivity (Wildman–Crippen MR) is 141 cm³/mol. The second kappa shape index (κ2) is 10.5. The Labute approximate surface area is 209 Å². The summed E-state index contributed by atoms with van der Waals surface area (Å²) >= 11 is 2.01. The molecule has 0 aliphatic carbocycles. The molecule has 1 saturated heterocycles. The Bertz CT molecular complexity index is 1250. The first-order valence-corrected chi connectivity index (χ1v) is 12.8. The average molecular weight is 486 g/mol. The number of esters is 1. The standard InChI is InChI=1S/C28H27N3O3S/c1-34-28(33)21-9-12-23-24(17-21)30-27(32)25(23)26(20-5-3-2-4-6-20)29-22-10-7-19(8-11-22)18-31-13-15-35-16-14-31/h2-12,17,25H,13-16,18H2,1H3,(H,30,32). The zero-order valence-electron chi connectivity index (χ0n) is 19.6. The summed E-state index contributed by atoms with van der Waals surface area (Å²) in [6.45, 7) is 3.18. The number of thioether (sulfide) groups is 1. The van der Waals surface area contributed by atoms with E-state index in [1.165, 1.54) is 24.2 Å². The number of ether oxygens (including phenoxy) is 1. The Morgan fingerprint density at radius 3 is 2.49 bits per heavy atom. The smallest absolute Gasteiger partial charge is 0.337 e. The lowest BCUT2D eigenvalue weighted by Gasteiger charge is -2.26. The van der Waals surface area contributed by atoms with Gasteiger partial charge in [0.2, 0.25) is 5.91 Å². The highest BCUT2D eigenvalue weighted by molar-refractivity contribution is 7.99. The van der Waals surface area contributed by atoms with Gasteiger partial charge in [-0.3, -0.25) is 14.7 Å². The van der Waals surface area contributed by atoms with E-state index < -0.39 is 11.9 Å².